The molecule has 0 aliphatic carbocycles. The third-order valence-electron chi connectivity index (χ3n) is 2.34. The number of halogens is 1. The van der Waals surface area contributed by atoms with Gasteiger partial charge in [0.05, 0.1) is 11.9 Å². The van der Waals surface area contributed by atoms with Crippen LogP contribution < -0.4 is 4.74 Å². The highest BCUT2D eigenvalue weighted by molar-refractivity contribution is 9.10. The second-order valence-corrected chi connectivity index (χ2v) is 4.48. The van der Waals surface area contributed by atoms with Gasteiger partial charge in [0.25, 0.3) is 0 Å². The molecule has 16 heavy (non-hydrogen) atoms. The first-order chi connectivity index (χ1) is 7.58. The molecule has 0 bridgehead atoms. The number of hydrogen-bond acceptors (Lipinski definition) is 3. The van der Waals surface area contributed by atoms with E-state index in [2.05, 4.69) is 26.0 Å². The highest BCUT2D eigenvalue weighted by Crippen LogP contribution is 2.28. The third kappa shape index (κ3) is 2.09. The molecule has 0 fully saturated rings. The number of pyridine rings is 1. The summed E-state index contributed by atoms with van der Waals surface area (Å²) in [6, 6.07) is 1.87. The fourth-order valence-electron chi connectivity index (χ4n) is 1.47. The van der Waals surface area contributed by atoms with Gasteiger partial charge in [-0.05, 0) is 35.8 Å². The molecule has 2 aromatic rings. The quantitative estimate of drug-likeness (QED) is 0.850. The van der Waals surface area contributed by atoms with Gasteiger partial charge in [0.1, 0.15) is 11.4 Å². The van der Waals surface area contributed by atoms with E-state index in [9.17, 15) is 0 Å². The van der Waals surface area contributed by atoms with Crippen LogP contribution in [-0.2, 0) is 7.05 Å². The Balaban J connectivity index is 2.34. The largest absolute Gasteiger partial charge is 0.452 e. The molecule has 0 N–H and O–H groups in total. The molecule has 0 saturated carbocycles. The normalized spacial score (nSPS) is 10.5. The summed E-state index contributed by atoms with van der Waals surface area (Å²) in [6.45, 7) is 3.90. The van der Waals surface area contributed by atoms with Crippen molar-refractivity contribution in [1.29, 1.82) is 0 Å². The molecule has 0 spiro atoms. The summed E-state index contributed by atoms with van der Waals surface area (Å²) in [7, 11) is 1.90. The fraction of sp³-hybridized carbons (Fsp3) is 0.273. The summed E-state index contributed by atoms with van der Waals surface area (Å²) in [5, 5.41) is 4.29. The van der Waals surface area contributed by atoms with Crippen molar-refractivity contribution in [3.63, 3.8) is 0 Å². The van der Waals surface area contributed by atoms with Crippen molar-refractivity contribution in [3.05, 3.63) is 34.3 Å². The van der Waals surface area contributed by atoms with Crippen molar-refractivity contribution in [1.82, 2.24) is 14.8 Å². The van der Waals surface area contributed by atoms with Crippen LogP contribution in [0.1, 0.15) is 11.4 Å². The lowest BCUT2D eigenvalue weighted by molar-refractivity contribution is 0.471. The molecule has 5 heteroatoms. The minimum absolute atomic E-state index is 0.702. The Morgan fingerprint density at radius 2 is 2.06 bits per heavy atom. The Bertz CT molecular complexity index is 522. The molecule has 2 heterocycles. The van der Waals surface area contributed by atoms with Crippen LogP contribution in [0.15, 0.2) is 22.9 Å². The van der Waals surface area contributed by atoms with Crippen LogP contribution in [0.3, 0.4) is 0 Å². The Morgan fingerprint density at radius 3 is 2.62 bits per heavy atom. The molecule has 0 saturated heterocycles. The van der Waals surface area contributed by atoms with Gasteiger partial charge in [-0.1, -0.05) is 0 Å². The molecule has 0 aliphatic rings. The fourth-order valence-corrected chi connectivity index (χ4v) is 1.81. The monoisotopic (exact) mass is 281 g/mol. The van der Waals surface area contributed by atoms with E-state index < -0.39 is 0 Å². The van der Waals surface area contributed by atoms with Gasteiger partial charge < -0.3 is 4.74 Å². The second-order valence-electron chi connectivity index (χ2n) is 3.56. The minimum Gasteiger partial charge on any atom is -0.452 e. The van der Waals surface area contributed by atoms with Crippen molar-refractivity contribution < 1.29 is 4.74 Å². The predicted molar refractivity (Wildman–Crippen MR) is 64.7 cm³/mol. The van der Waals surface area contributed by atoms with Crippen molar-refractivity contribution >= 4 is 15.9 Å². The highest BCUT2D eigenvalue weighted by atomic mass is 79.9. The van der Waals surface area contributed by atoms with E-state index in [0.29, 0.717) is 5.75 Å². The van der Waals surface area contributed by atoms with E-state index in [0.717, 1.165) is 21.6 Å². The van der Waals surface area contributed by atoms with E-state index in [1.165, 1.54) is 0 Å². The van der Waals surface area contributed by atoms with Gasteiger partial charge in [-0.2, -0.15) is 5.10 Å². The maximum absolute atomic E-state index is 5.77. The summed E-state index contributed by atoms with van der Waals surface area (Å²) in [5.41, 5.74) is 1.87. The van der Waals surface area contributed by atoms with Crippen LogP contribution in [0, 0.1) is 13.8 Å². The SMILES string of the molecule is Cc1nn(C)c(C)c1Oc1cncc(Br)c1. The first-order valence-electron chi connectivity index (χ1n) is 4.86. The second kappa shape index (κ2) is 4.25. The van der Waals surface area contributed by atoms with Crippen LogP contribution in [-0.4, -0.2) is 14.8 Å². The lowest BCUT2D eigenvalue weighted by Crippen LogP contribution is -1.93. The van der Waals surface area contributed by atoms with Crippen LogP contribution >= 0.6 is 15.9 Å². The van der Waals surface area contributed by atoms with Crippen molar-refractivity contribution in [3.8, 4) is 11.5 Å². The molecule has 0 unspecified atom stereocenters. The van der Waals surface area contributed by atoms with Crippen LogP contribution in [0.2, 0.25) is 0 Å². The Morgan fingerprint density at radius 1 is 1.31 bits per heavy atom. The first kappa shape index (κ1) is 11.1. The number of ether oxygens (including phenoxy) is 1. The summed E-state index contributed by atoms with van der Waals surface area (Å²) >= 11 is 3.35. The van der Waals surface area contributed by atoms with E-state index >= 15 is 0 Å². The Kier molecular flexibility index (Phi) is 2.96. The molecule has 0 aliphatic heterocycles. The van der Waals surface area contributed by atoms with Crippen LogP contribution in [0.5, 0.6) is 11.5 Å². The molecule has 2 aromatic heterocycles. The maximum Gasteiger partial charge on any atom is 0.171 e. The average Bonchev–Trinajstić information content (AvgIpc) is 2.45. The van der Waals surface area contributed by atoms with Gasteiger partial charge in [-0.15, -0.1) is 0 Å². The van der Waals surface area contributed by atoms with Gasteiger partial charge in [-0.3, -0.25) is 9.67 Å². The third-order valence-corrected chi connectivity index (χ3v) is 2.78. The zero-order valence-corrected chi connectivity index (χ0v) is 10.9. The molecule has 0 amide bonds. The van der Waals surface area contributed by atoms with Crippen molar-refractivity contribution in [2.24, 2.45) is 7.05 Å². The van der Waals surface area contributed by atoms with E-state index in [4.69, 9.17) is 4.74 Å². The maximum atomic E-state index is 5.77. The van der Waals surface area contributed by atoms with Gasteiger partial charge >= 0.3 is 0 Å². The molecule has 2 rings (SSSR count). The number of hydrogen-bond donors (Lipinski definition) is 0. The molecular weight excluding hydrogens is 270 g/mol. The predicted octanol–water partition coefficient (Wildman–Crippen LogP) is 2.99. The van der Waals surface area contributed by atoms with E-state index in [1.807, 2.05) is 27.0 Å². The van der Waals surface area contributed by atoms with Crippen LogP contribution in [0.4, 0.5) is 0 Å². The van der Waals surface area contributed by atoms with Gasteiger partial charge in [-0.25, -0.2) is 0 Å². The molecular formula is C11H12BrN3O. The molecule has 0 radical (unpaired) electrons. The zero-order chi connectivity index (χ0) is 11.7. The van der Waals surface area contributed by atoms with Crippen molar-refractivity contribution in [2.45, 2.75) is 13.8 Å². The van der Waals surface area contributed by atoms with E-state index in [-0.39, 0.29) is 0 Å². The summed E-state index contributed by atoms with van der Waals surface area (Å²) < 4.78 is 8.46. The minimum atomic E-state index is 0.702. The van der Waals surface area contributed by atoms with E-state index in [1.54, 1.807) is 17.1 Å². The van der Waals surface area contributed by atoms with Crippen LogP contribution in [0.25, 0.3) is 0 Å². The lowest BCUT2D eigenvalue weighted by Gasteiger charge is -2.05. The Labute approximate surface area is 102 Å². The lowest BCUT2D eigenvalue weighted by atomic mass is 10.3. The number of rotatable bonds is 2. The molecule has 4 nitrogen and oxygen atoms in total. The molecule has 0 atom stereocenters. The summed E-state index contributed by atoms with van der Waals surface area (Å²) in [5.74, 6) is 1.50. The highest BCUT2D eigenvalue weighted by Gasteiger charge is 2.11. The smallest absolute Gasteiger partial charge is 0.171 e. The average molecular weight is 282 g/mol. The Hall–Kier alpha value is -1.36. The topological polar surface area (TPSA) is 39.9 Å². The number of aryl methyl sites for hydroxylation is 2. The standard InChI is InChI=1S/C11H12BrN3O/c1-7-11(8(2)15(3)14-7)16-10-4-9(12)5-13-6-10/h4-6H,1-3H3. The van der Waals surface area contributed by atoms with Gasteiger partial charge in [0.15, 0.2) is 5.75 Å². The van der Waals surface area contributed by atoms with Crippen molar-refractivity contribution in [2.75, 3.05) is 0 Å². The summed E-state index contributed by atoms with van der Waals surface area (Å²) in [4.78, 5) is 4.05. The molecule has 0 aromatic carbocycles. The number of nitrogens with zero attached hydrogens (tertiary/aromatic N) is 3. The van der Waals surface area contributed by atoms with Gasteiger partial charge in [0.2, 0.25) is 0 Å². The van der Waals surface area contributed by atoms with Gasteiger partial charge in [0, 0.05) is 17.7 Å². The number of aromatic nitrogens is 3. The zero-order valence-electron chi connectivity index (χ0n) is 9.36. The molecule has 84 valence electrons. The first-order valence-corrected chi connectivity index (χ1v) is 5.66. The summed E-state index contributed by atoms with van der Waals surface area (Å²) in [6.07, 6.45) is 3.40.